The van der Waals surface area contributed by atoms with E-state index in [4.69, 9.17) is 15.2 Å². The van der Waals surface area contributed by atoms with Crippen molar-refractivity contribution in [2.45, 2.75) is 6.54 Å². The van der Waals surface area contributed by atoms with E-state index in [1.165, 1.54) is 0 Å². The van der Waals surface area contributed by atoms with E-state index in [9.17, 15) is 0 Å². The second-order valence-electron chi connectivity index (χ2n) is 4.21. The van der Waals surface area contributed by atoms with E-state index in [2.05, 4.69) is 5.10 Å². The lowest BCUT2D eigenvalue weighted by atomic mass is 10.1. The fraction of sp³-hybridized carbons (Fsp3) is 0.308. The third-order valence-corrected chi connectivity index (χ3v) is 3.02. The Balaban J connectivity index is 2.00. The molecule has 0 unspecified atom stereocenters. The molecule has 3 rings (SSSR count). The van der Waals surface area contributed by atoms with Crippen molar-refractivity contribution in [1.29, 1.82) is 0 Å². The number of nitrogens with two attached hydrogens (primary N) is 1. The van der Waals surface area contributed by atoms with Crippen molar-refractivity contribution in [1.82, 2.24) is 9.78 Å². The molecule has 1 aliphatic heterocycles. The van der Waals surface area contributed by atoms with Gasteiger partial charge in [-0.2, -0.15) is 5.10 Å². The van der Waals surface area contributed by atoms with E-state index in [1.54, 1.807) is 4.68 Å². The van der Waals surface area contributed by atoms with Crippen LogP contribution in [-0.2, 0) is 13.6 Å². The maximum Gasteiger partial charge on any atom is 0.162 e. The number of nitrogens with zero attached hydrogens (tertiary/aromatic N) is 2. The van der Waals surface area contributed by atoms with Gasteiger partial charge in [-0.15, -0.1) is 0 Å². The van der Waals surface area contributed by atoms with Crippen LogP contribution in [0, 0.1) is 0 Å². The van der Waals surface area contributed by atoms with Crippen molar-refractivity contribution in [3.05, 3.63) is 30.0 Å². The molecule has 94 valence electrons. The summed E-state index contributed by atoms with van der Waals surface area (Å²) in [5, 5.41) is 4.44. The summed E-state index contributed by atoms with van der Waals surface area (Å²) in [5.74, 6) is 1.57. The Labute approximate surface area is 105 Å². The largest absolute Gasteiger partial charge is 0.486 e. The molecule has 0 saturated heterocycles. The molecule has 0 aliphatic carbocycles. The van der Waals surface area contributed by atoms with Crippen LogP contribution in [0.4, 0.5) is 0 Å². The lowest BCUT2D eigenvalue weighted by molar-refractivity contribution is 0.171. The number of aryl methyl sites for hydroxylation is 1. The fourth-order valence-electron chi connectivity index (χ4n) is 2.04. The van der Waals surface area contributed by atoms with Crippen molar-refractivity contribution >= 4 is 0 Å². The summed E-state index contributed by atoms with van der Waals surface area (Å²) in [6.45, 7) is 1.67. The monoisotopic (exact) mass is 245 g/mol. The van der Waals surface area contributed by atoms with Gasteiger partial charge in [0, 0.05) is 19.2 Å². The van der Waals surface area contributed by atoms with Crippen LogP contribution in [0.1, 0.15) is 5.69 Å². The molecular formula is C13H15N3O2. The van der Waals surface area contributed by atoms with Gasteiger partial charge in [-0.3, -0.25) is 4.68 Å². The van der Waals surface area contributed by atoms with Crippen molar-refractivity contribution in [2.24, 2.45) is 12.8 Å². The minimum absolute atomic E-state index is 0.480. The van der Waals surface area contributed by atoms with Gasteiger partial charge in [-0.05, 0) is 24.3 Å². The zero-order chi connectivity index (χ0) is 12.5. The van der Waals surface area contributed by atoms with Crippen LogP contribution in [0.2, 0.25) is 0 Å². The molecule has 0 fully saturated rings. The minimum atomic E-state index is 0.480. The molecule has 0 saturated carbocycles. The molecule has 1 aromatic carbocycles. The summed E-state index contributed by atoms with van der Waals surface area (Å²) in [7, 11) is 1.89. The van der Waals surface area contributed by atoms with Gasteiger partial charge < -0.3 is 15.2 Å². The highest BCUT2D eigenvalue weighted by atomic mass is 16.6. The Morgan fingerprint density at radius 3 is 2.72 bits per heavy atom. The molecule has 0 spiro atoms. The van der Waals surface area contributed by atoms with Gasteiger partial charge >= 0.3 is 0 Å². The lowest BCUT2D eigenvalue weighted by Gasteiger charge is -2.18. The maximum atomic E-state index is 5.65. The van der Waals surface area contributed by atoms with Gasteiger partial charge in [0.15, 0.2) is 11.5 Å². The van der Waals surface area contributed by atoms with Crippen LogP contribution in [0.3, 0.4) is 0 Å². The third-order valence-electron chi connectivity index (χ3n) is 3.02. The van der Waals surface area contributed by atoms with Gasteiger partial charge in [0.1, 0.15) is 13.2 Å². The molecule has 5 nitrogen and oxygen atoms in total. The molecule has 5 heteroatoms. The number of ether oxygens (including phenoxy) is 2. The standard InChI is InChI=1S/C13H15N3O2/c1-16-10(8-14)7-11(15-16)9-2-3-12-13(6-9)18-5-4-17-12/h2-3,6-7H,4-5,8,14H2,1H3. The predicted octanol–water partition coefficient (Wildman–Crippen LogP) is 1.32. The summed E-state index contributed by atoms with van der Waals surface area (Å²) in [6.07, 6.45) is 0. The molecule has 0 bridgehead atoms. The first-order valence-electron chi connectivity index (χ1n) is 5.91. The molecule has 0 radical (unpaired) electrons. The molecule has 0 atom stereocenters. The predicted molar refractivity (Wildman–Crippen MR) is 67.5 cm³/mol. The highest BCUT2D eigenvalue weighted by Crippen LogP contribution is 2.34. The Bertz CT molecular complexity index is 578. The number of benzene rings is 1. The molecule has 1 aliphatic rings. The van der Waals surface area contributed by atoms with Crippen LogP contribution in [0.25, 0.3) is 11.3 Å². The molecule has 2 heterocycles. The zero-order valence-corrected chi connectivity index (χ0v) is 10.2. The molecule has 1 aromatic heterocycles. The van der Waals surface area contributed by atoms with Crippen molar-refractivity contribution in [3.63, 3.8) is 0 Å². The quantitative estimate of drug-likeness (QED) is 0.866. The molecule has 18 heavy (non-hydrogen) atoms. The second-order valence-corrected chi connectivity index (χ2v) is 4.21. The highest BCUT2D eigenvalue weighted by molar-refractivity contribution is 5.64. The number of hydrogen-bond donors (Lipinski definition) is 1. The number of fused-ring (bicyclic) bond motifs is 1. The summed E-state index contributed by atoms with van der Waals surface area (Å²) in [5.41, 5.74) is 8.55. The van der Waals surface area contributed by atoms with Crippen LogP contribution < -0.4 is 15.2 Å². The van der Waals surface area contributed by atoms with Gasteiger partial charge in [0.25, 0.3) is 0 Å². The number of rotatable bonds is 2. The van der Waals surface area contributed by atoms with E-state index in [1.807, 2.05) is 31.3 Å². The summed E-state index contributed by atoms with van der Waals surface area (Å²) >= 11 is 0. The van der Waals surface area contributed by atoms with E-state index < -0.39 is 0 Å². The zero-order valence-electron chi connectivity index (χ0n) is 10.2. The second kappa shape index (κ2) is 4.34. The van der Waals surface area contributed by atoms with Gasteiger partial charge in [0.05, 0.1) is 11.4 Å². The molecule has 2 aromatic rings. The van der Waals surface area contributed by atoms with E-state index >= 15 is 0 Å². The Morgan fingerprint density at radius 2 is 2.00 bits per heavy atom. The number of hydrogen-bond acceptors (Lipinski definition) is 4. The van der Waals surface area contributed by atoms with Crippen LogP contribution >= 0.6 is 0 Å². The Hall–Kier alpha value is -2.01. The SMILES string of the molecule is Cn1nc(-c2ccc3c(c2)OCCO3)cc1CN. The maximum absolute atomic E-state index is 5.65. The van der Waals surface area contributed by atoms with E-state index in [-0.39, 0.29) is 0 Å². The average molecular weight is 245 g/mol. The third kappa shape index (κ3) is 1.82. The van der Waals surface area contributed by atoms with Gasteiger partial charge in [-0.1, -0.05) is 0 Å². The summed E-state index contributed by atoms with van der Waals surface area (Å²) in [4.78, 5) is 0. The van der Waals surface area contributed by atoms with Crippen molar-refractivity contribution in [2.75, 3.05) is 13.2 Å². The van der Waals surface area contributed by atoms with Gasteiger partial charge in [0.2, 0.25) is 0 Å². The number of aromatic nitrogens is 2. The first-order chi connectivity index (χ1) is 8.78. The van der Waals surface area contributed by atoms with E-state index in [0.717, 1.165) is 28.5 Å². The topological polar surface area (TPSA) is 62.3 Å². The van der Waals surface area contributed by atoms with Crippen molar-refractivity contribution in [3.8, 4) is 22.8 Å². The Kier molecular flexibility index (Phi) is 2.68. The fourth-order valence-corrected chi connectivity index (χ4v) is 2.04. The van der Waals surface area contributed by atoms with E-state index in [0.29, 0.717) is 19.8 Å². The first-order valence-corrected chi connectivity index (χ1v) is 5.91. The highest BCUT2D eigenvalue weighted by Gasteiger charge is 2.14. The first kappa shape index (κ1) is 11.1. The van der Waals surface area contributed by atoms with Crippen LogP contribution in [-0.4, -0.2) is 23.0 Å². The lowest BCUT2D eigenvalue weighted by Crippen LogP contribution is -2.15. The molecule has 0 amide bonds. The van der Waals surface area contributed by atoms with Gasteiger partial charge in [-0.25, -0.2) is 0 Å². The summed E-state index contributed by atoms with van der Waals surface area (Å²) in [6, 6.07) is 7.85. The van der Waals surface area contributed by atoms with Crippen molar-refractivity contribution < 1.29 is 9.47 Å². The minimum Gasteiger partial charge on any atom is -0.486 e. The smallest absolute Gasteiger partial charge is 0.162 e. The molecule has 2 N–H and O–H groups in total. The normalized spacial score (nSPS) is 13.7. The van der Waals surface area contributed by atoms with Crippen LogP contribution in [0.15, 0.2) is 24.3 Å². The Morgan fingerprint density at radius 1 is 1.22 bits per heavy atom. The summed E-state index contributed by atoms with van der Waals surface area (Å²) < 4.78 is 12.9. The average Bonchev–Trinajstić information content (AvgIpc) is 2.79. The molecular weight excluding hydrogens is 230 g/mol. The van der Waals surface area contributed by atoms with Crippen LogP contribution in [0.5, 0.6) is 11.5 Å².